The SMILES string of the molecule is COc1ccc(S(=O)(=O)N(Cc2nc(-c3cc(OC)c(OC)c(OC)c3)oc2C)[C@@H](C(=O)NO)C(C)C)cc1. The molecule has 2 N–H and O–H groups in total. The number of nitrogens with one attached hydrogen (secondary N) is 1. The third-order valence-electron chi connectivity index (χ3n) is 6.10. The van der Waals surface area contributed by atoms with Gasteiger partial charge in [0, 0.05) is 5.56 Å². The third-order valence-corrected chi connectivity index (χ3v) is 7.94. The lowest BCUT2D eigenvalue weighted by Crippen LogP contribution is -2.51. The van der Waals surface area contributed by atoms with Crippen LogP contribution in [0.2, 0.25) is 0 Å². The van der Waals surface area contributed by atoms with Gasteiger partial charge in [-0.25, -0.2) is 18.9 Å². The summed E-state index contributed by atoms with van der Waals surface area (Å²) in [4.78, 5) is 17.2. The van der Waals surface area contributed by atoms with Crippen LogP contribution >= 0.6 is 0 Å². The van der Waals surface area contributed by atoms with Gasteiger partial charge < -0.3 is 23.4 Å². The number of carbonyl (C=O) groups is 1. The number of amides is 1. The number of ether oxygens (including phenoxy) is 4. The number of methoxy groups -OCH3 is 4. The highest BCUT2D eigenvalue weighted by Crippen LogP contribution is 2.41. The highest BCUT2D eigenvalue weighted by Gasteiger charge is 2.39. The van der Waals surface area contributed by atoms with Gasteiger partial charge in [-0.3, -0.25) is 10.0 Å². The first-order valence-electron chi connectivity index (χ1n) is 11.9. The quantitative estimate of drug-likeness (QED) is 0.248. The molecule has 1 amide bonds. The Hall–Kier alpha value is -3.81. The van der Waals surface area contributed by atoms with Crippen molar-refractivity contribution in [1.82, 2.24) is 14.8 Å². The molecule has 13 heteroatoms. The first-order valence-corrected chi connectivity index (χ1v) is 13.3. The number of nitrogens with zero attached hydrogens (tertiary/aromatic N) is 2. The van der Waals surface area contributed by atoms with E-state index >= 15 is 0 Å². The number of hydrogen-bond acceptors (Lipinski definition) is 10. The highest BCUT2D eigenvalue weighted by molar-refractivity contribution is 7.89. The zero-order chi connectivity index (χ0) is 28.9. The highest BCUT2D eigenvalue weighted by atomic mass is 32.2. The Morgan fingerprint density at radius 2 is 1.62 bits per heavy atom. The fourth-order valence-electron chi connectivity index (χ4n) is 4.10. The van der Waals surface area contributed by atoms with Crippen molar-refractivity contribution < 1.29 is 41.8 Å². The van der Waals surface area contributed by atoms with E-state index in [0.717, 1.165) is 4.31 Å². The number of carbonyl (C=O) groups excluding carboxylic acids is 1. The summed E-state index contributed by atoms with van der Waals surface area (Å²) in [5.41, 5.74) is 2.36. The summed E-state index contributed by atoms with van der Waals surface area (Å²) in [5, 5.41) is 9.42. The zero-order valence-corrected chi connectivity index (χ0v) is 23.7. The van der Waals surface area contributed by atoms with Crippen molar-refractivity contribution in [1.29, 1.82) is 0 Å². The van der Waals surface area contributed by atoms with E-state index in [4.69, 9.17) is 23.4 Å². The van der Waals surface area contributed by atoms with E-state index < -0.39 is 27.9 Å². The molecule has 12 nitrogen and oxygen atoms in total. The van der Waals surface area contributed by atoms with E-state index in [1.165, 1.54) is 52.7 Å². The Kier molecular flexibility index (Phi) is 9.43. The summed E-state index contributed by atoms with van der Waals surface area (Å²) in [7, 11) is 1.65. The van der Waals surface area contributed by atoms with Crippen molar-refractivity contribution in [3.8, 4) is 34.5 Å². The second-order valence-corrected chi connectivity index (χ2v) is 10.7. The molecule has 39 heavy (non-hydrogen) atoms. The molecule has 0 bridgehead atoms. The molecule has 2 aromatic carbocycles. The summed E-state index contributed by atoms with van der Waals surface area (Å²) >= 11 is 0. The number of sulfonamides is 1. The smallest absolute Gasteiger partial charge is 0.262 e. The molecule has 0 aliphatic rings. The number of aromatic nitrogens is 1. The first kappa shape index (κ1) is 29.7. The van der Waals surface area contributed by atoms with Gasteiger partial charge in [0.1, 0.15) is 17.6 Å². The molecular weight excluding hydrogens is 530 g/mol. The van der Waals surface area contributed by atoms with Gasteiger partial charge in [0.15, 0.2) is 11.5 Å². The minimum Gasteiger partial charge on any atom is -0.497 e. The van der Waals surface area contributed by atoms with E-state index in [1.54, 1.807) is 38.4 Å². The molecule has 0 saturated carbocycles. The minimum atomic E-state index is -4.26. The van der Waals surface area contributed by atoms with Gasteiger partial charge in [-0.15, -0.1) is 0 Å². The van der Waals surface area contributed by atoms with Crippen molar-refractivity contribution >= 4 is 15.9 Å². The third kappa shape index (κ3) is 6.10. The molecule has 0 saturated heterocycles. The Morgan fingerprint density at radius 3 is 2.08 bits per heavy atom. The maximum atomic E-state index is 13.8. The summed E-state index contributed by atoms with van der Waals surface area (Å²) in [6.45, 7) is 4.67. The lowest BCUT2D eigenvalue weighted by molar-refractivity contribution is -0.134. The monoisotopic (exact) mass is 563 g/mol. The van der Waals surface area contributed by atoms with Crippen LogP contribution in [0, 0.1) is 12.8 Å². The van der Waals surface area contributed by atoms with Crippen molar-refractivity contribution in [2.24, 2.45) is 5.92 Å². The van der Waals surface area contributed by atoms with E-state index in [-0.39, 0.29) is 23.0 Å². The summed E-state index contributed by atoms with van der Waals surface area (Å²) in [5.74, 6) is 0.743. The number of aryl methyl sites for hydroxylation is 1. The van der Waals surface area contributed by atoms with Crippen molar-refractivity contribution in [3.63, 3.8) is 0 Å². The van der Waals surface area contributed by atoms with Crippen LogP contribution in [0.4, 0.5) is 0 Å². The fourth-order valence-corrected chi connectivity index (χ4v) is 5.78. The van der Waals surface area contributed by atoms with Crippen LogP contribution in [-0.2, 0) is 21.4 Å². The zero-order valence-electron chi connectivity index (χ0n) is 22.8. The second kappa shape index (κ2) is 12.4. The molecule has 0 aliphatic heterocycles. The molecule has 0 unspecified atom stereocenters. The molecule has 0 radical (unpaired) electrons. The first-order chi connectivity index (χ1) is 18.5. The number of benzene rings is 2. The van der Waals surface area contributed by atoms with Gasteiger partial charge in [-0.2, -0.15) is 4.31 Å². The number of hydroxylamine groups is 1. The van der Waals surface area contributed by atoms with Crippen molar-refractivity contribution in [2.75, 3.05) is 28.4 Å². The van der Waals surface area contributed by atoms with E-state index in [2.05, 4.69) is 4.98 Å². The van der Waals surface area contributed by atoms with Gasteiger partial charge in [-0.05, 0) is 49.2 Å². The standard InChI is InChI=1S/C26H33N3O9S/c1-15(2)23(25(30)28-31)29(39(32,33)19-10-8-18(34-4)9-11-19)14-20-16(3)38-26(27-20)17-12-21(35-5)24(37-7)22(13-17)36-6/h8-13,15,23,31H,14H2,1-7H3,(H,28,30)/t23-/m1/s1. The maximum absolute atomic E-state index is 13.8. The van der Waals surface area contributed by atoms with E-state index in [0.29, 0.717) is 34.3 Å². The summed E-state index contributed by atoms with van der Waals surface area (Å²) in [6, 6.07) is 7.81. The van der Waals surface area contributed by atoms with Crippen molar-refractivity contribution in [3.05, 3.63) is 47.9 Å². The van der Waals surface area contributed by atoms with E-state index in [9.17, 15) is 18.4 Å². The summed E-state index contributed by atoms with van der Waals surface area (Å²) < 4.78 is 55.9. The van der Waals surface area contributed by atoms with Crippen LogP contribution in [0.3, 0.4) is 0 Å². The molecule has 1 atom stereocenters. The van der Waals surface area contributed by atoms with Crippen LogP contribution in [0.15, 0.2) is 45.7 Å². The molecule has 3 rings (SSSR count). The van der Waals surface area contributed by atoms with Crippen LogP contribution in [0.1, 0.15) is 25.3 Å². The van der Waals surface area contributed by atoms with Crippen LogP contribution in [-0.4, -0.2) is 63.3 Å². The predicted molar refractivity (Wildman–Crippen MR) is 141 cm³/mol. The maximum Gasteiger partial charge on any atom is 0.262 e. The molecule has 3 aromatic rings. The largest absolute Gasteiger partial charge is 0.497 e. The molecule has 0 spiro atoms. The molecular formula is C26H33N3O9S. The molecule has 1 aromatic heterocycles. The second-order valence-electron chi connectivity index (χ2n) is 8.83. The lowest BCUT2D eigenvalue weighted by Gasteiger charge is -2.31. The van der Waals surface area contributed by atoms with E-state index in [1.807, 2.05) is 0 Å². The molecule has 1 heterocycles. The fraction of sp³-hybridized carbons (Fsp3) is 0.385. The average Bonchev–Trinajstić information content (AvgIpc) is 3.31. The van der Waals surface area contributed by atoms with Crippen LogP contribution in [0.5, 0.6) is 23.0 Å². The average molecular weight is 564 g/mol. The molecule has 0 aliphatic carbocycles. The van der Waals surface area contributed by atoms with Gasteiger partial charge in [0.2, 0.25) is 21.7 Å². The normalized spacial score (nSPS) is 12.4. The Morgan fingerprint density at radius 1 is 1.03 bits per heavy atom. The van der Waals surface area contributed by atoms with Gasteiger partial charge in [0.05, 0.1) is 45.6 Å². The topological polar surface area (TPSA) is 150 Å². The lowest BCUT2D eigenvalue weighted by atomic mass is 10.0. The number of rotatable bonds is 12. The van der Waals surface area contributed by atoms with Crippen LogP contribution in [0.25, 0.3) is 11.5 Å². The Balaban J connectivity index is 2.12. The molecule has 212 valence electrons. The van der Waals surface area contributed by atoms with Crippen molar-refractivity contribution in [2.45, 2.75) is 38.3 Å². The predicted octanol–water partition coefficient (Wildman–Crippen LogP) is 3.41. The molecule has 0 fully saturated rings. The van der Waals surface area contributed by atoms with Gasteiger partial charge in [0.25, 0.3) is 5.91 Å². The summed E-state index contributed by atoms with van der Waals surface area (Å²) in [6.07, 6.45) is 0. The number of hydrogen-bond donors (Lipinski definition) is 2. The minimum absolute atomic E-state index is 0.0642. The Bertz CT molecular complexity index is 1380. The number of oxazole rings is 1. The van der Waals surface area contributed by atoms with Crippen LogP contribution < -0.4 is 24.4 Å². The van der Waals surface area contributed by atoms with Gasteiger partial charge >= 0.3 is 0 Å². The Labute approximate surface area is 227 Å². The van der Waals surface area contributed by atoms with Gasteiger partial charge in [-0.1, -0.05) is 13.8 Å².